The topological polar surface area (TPSA) is 0 Å². The molecule has 0 heterocycles. The van der Waals surface area contributed by atoms with E-state index in [0.717, 1.165) is 0 Å². The summed E-state index contributed by atoms with van der Waals surface area (Å²) in [5.74, 6) is -1.98. The van der Waals surface area contributed by atoms with E-state index in [1.165, 1.54) is 6.92 Å². The SMILES string of the molecule is CCC(F)(F)CC(C)C(C)C. The molecular formula is C9H18F2. The third-order valence-corrected chi connectivity index (χ3v) is 2.28. The summed E-state index contributed by atoms with van der Waals surface area (Å²) in [4.78, 5) is 0. The van der Waals surface area contributed by atoms with Gasteiger partial charge in [-0.15, -0.1) is 0 Å². The molecule has 0 aromatic heterocycles. The fraction of sp³-hybridized carbons (Fsp3) is 1.00. The Hall–Kier alpha value is -0.140. The van der Waals surface area contributed by atoms with E-state index in [-0.39, 0.29) is 18.8 Å². The number of halogens is 2. The number of rotatable bonds is 4. The summed E-state index contributed by atoms with van der Waals surface area (Å²) in [6.07, 6.45) is -0.00870. The first-order chi connectivity index (χ1) is 4.89. The number of alkyl halides is 2. The molecule has 0 spiro atoms. The van der Waals surface area contributed by atoms with Gasteiger partial charge in [0.15, 0.2) is 0 Å². The Morgan fingerprint density at radius 1 is 1.18 bits per heavy atom. The first kappa shape index (κ1) is 10.9. The van der Waals surface area contributed by atoms with E-state index in [1.807, 2.05) is 20.8 Å². The van der Waals surface area contributed by atoms with Crippen molar-refractivity contribution in [3.05, 3.63) is 0 Å². The van der Waals surface area contributed by atoms with Crippen LogP contribution in [0.5, 0.6) is 0 Å². The van der Waals surface area contributed by atoms with Crippen LogP contribution in [-0.2, 0) is 0 Å². The maximum atomic E-state index is 12.8. The van der Waals surface area contributed by atoms with Crippen LogP contribution >= 0.6 is 0 Å². The lowest BCUT2D eigenvalue weighted by Crippen LogP contribution is -2.20. The minimum Gasteiger partial charge on any atom is -0.207 e. The third kappa shape index (κ3) is 4.33. The van der Waals surface area contributed by atoms with E-state index in [2.05, 4.69) is 0 Å². The van der Waals surface area contributed by atoms with Gasteiger partial charge in [-0.25, -0.2) is 8.78 Å². The summed E-state index contributed by atoms with van der Waals surface area (Å²) in [6, 6.07) is 0. The zero-order chi connectivity index (χ0) is 9.07. The lowest BCUT2D eigenvalue weighted by atomic mass is 9.91. The molecule has 0 aromatic rings. The second-order valence-electron chi connectivity index (χ2n) is 3.63. The molecule has 0 aliphatic rings. The first-order valence-corrected chi connectivity index (χ1v) is 4.27. The molecule has 0 fully saturated rings. The smallest absolute Gasteiger partial charge is 0.207 e. The van der Waals surface area contributed by atoms with Crippen LogP contribution in [0, 0.1) is 11.8 Å². The van der Waals surface area contributed by atoms with Gasteiger partial charge in [0.05, 0.1) is 0 Å². The Labute approximate surface area is 68.0 Å². The second-order valence-corrected chi connectivity index (χ2v) is 3.63. The van der Waals surface area contributed by atoms with Gasteiger partial charge < -0.3 is 0 Å². The number of hydrogen-bond donors (Lipinski definition) is 0. The summed E-state index contributed by atoms with van der Waals surface area (Å²) in [6.45, 7) is 7.38. The highest BCUT2D eigenvalue weighted by atomic mass is 19.3. The highest BCUT2D eigenvalue weighted by Crippen LogP contribution is 2.29. The highest BCUT2D eigenvalue weighted by molar-refractivity contribution is 4.69. The fourth-order valence-electron chi connectivity index (χ4n) is 0.851. The quantitative estimate of drug-likeness (QED) is 0.594. The maximum Gasteiger partial charge on any atom is 0.248 e. The normalized spacial score (nSPS) is 15.5. The summed E-state index contributed by atoms with van der Waals surface area (Å²) >= 11 is 0. The van der Waals surface area contributed by atoms with Gasteiger partial charge in [0.25, 0.3) is 0 Å². The molecule has 0 saturated carbocycles. The van der Waals surface area contributed by atoms with Crippen LogP contribution < -0.4 is 0 Å². The second kappa shape index (κ2) is 4.03. The van der Waals surface area contributed by atoms with Crippen molar-refractivity contribution in [3.63, 3.8) is 0 Å². The summed E-state index contributed by atoms with van der Waals surface area (Å²) in [5.41, 5.74) is 0. The molecule has 1 unspecified atom stereocenters. The molecule has 68 valence electrons. The Balaban J connectivity index is 3.83. The van der Waals surface area contributed by atoms with E-state index < -0.39 is 5.92 Å². The van der Waals surface area contributed by atoms with Gasteiger partial charge in [-0.3, -0.25) is 0 Å². The molecule has 1 atom stereocenters. The molecule has 0 bridgehead atoms. The molecule has 0 amide bonds. The average Bonchev–Trinajstić information content (AvgIpc) is 1.87. The van der Waals surface area contributed by atoms with E-state index >= 15 is 0 Å². The summed E-state index contributed by atoms with van der Waals surface area (Å²) in [5, 5.41) is 0. The summed E-state index contributed by atoms with van der Waals surface area (Å²) < 4.78 is 25.5. The molecule has 0 aliphatic heterocycles. The third-order valence-electron chi connectivity index (χ3n) is 2.28. The molecule has 0 aliphatic carbocycles. The van der Waals surface area contributed by atoms with Crippen molar-refractivity contribution in [2.75, 3.05) is 0 Å². The van der Waals surface area contributed by atoms with Crippen molar-refractivity contribution in [1.82, 2.24) is 0 Å². The Morgan fingerprint density at radius 3 is 1.91 bits per heavy atom. The maximum absolute atomic E-state index is 12.8. The lowest BCUT2D eigenvalue weighted by molar-refractivity contribution is -0.0296. The van der Waals surface area contributed by atoms with Crippen molar-refractivity contribution >= 4 is 0 Å². The summed E-state index contributed by atoms with van der Waals surface area (Å²) in [7, 11) is 0. The van der Waals surface area contributed by atoms with Gasteiger partial charge in [-0.05, 0) is 11.8 Å². The van der Waals surface area contributed by atoms with Crippen molar-refractivity contribution in [3.8, 4) is 0 Å². The predicted octanol–water partition coefficient (Wildman–Crippen LogP) is 3.71. The van der Waals surface area contributed by atoms with Crippen molar-refractivity contribution in [1.29, 1.82) is 0 Å². The van der Waals surface area contributed by atoms with Gasteiger partial charge >= 0.3 is 0 Å². The molecule has 0 rings (SSSR count). The van der Waals surface area contributed by atoms with E-state index in [4.69, 9.17) is 0 Å². The van der Waals surface area contributed by atoms with Crippen molar-refractivity contribution < 1.29 is 8.78 Å². The molecule has 11 heavy (non-hydrogen) atoms. The highest BCUT2D eigenvalue weighted by Gasteiger charge is 2.29. The zero-order valence-corrected chi connectivity index (χ0v) is 7.82. The fourth-order valence-corrected chi connectivity index (χ4v) is 0.851. The van der Waals surface area contributed by atoms with E-state index in [1.54, 1.807) is 0 Å². The monoisotopic (exact) mass is 164 g/mol. The number of hydrogen-bond acceptors (Lipinski definition) is 0. The van der Waals surface area contributed by atoms with E-state index in [0.29, 0.717) is 5.92 Å². The van der Waals surface area contributed by atoms with Crippen LogP contribution in [-0.4, -0.2) is 5.92 Å². The van der Waals surface area contributed by atoms with Crippen LogP contribution in [0.25, 0.3) is 0 Å². The molecule has 2 heteroatoms. The minimum atomic E-state index is -2.45. The minimum absolute atomic E-state index is 0.0289. The molecule has 0 aromatic carbocycles. The Bertz CT molecular complexity index is 108. The molecule has 0 N–H and O–H groups in total. The predicted molar refractivity (Wildman–Crippen MR) is 43.9 cm³/mol. The van der Waals surface area contributed by atoms with Crippen LogP contribution in [0.15, 0.2) is 0 Å². The van der Waals surface area contributed by atoms with Gasteiger partial charge in [0, 0.05) is 12.8 Å². The van der Waals surface area contributed by atoms with Crippen molar-refractivity contribution in [2.24, 2.45) is 11.8 Å². The van der Waals surface area contributed by atoms with Gasteiger partial charge in [0.2, 0.25) is 5.92 Å². The molecule has 0 radical (unpaired) electrons. The van der Waals surface area contributed by atoms with Gasteiger partial charge in [0.1, 0.15) is 0 Å². The van der Waals surface area contributed by atoms with Crippen LogP contribution in [0.2, 0.25) is 0 Å². The molecular weight excluding hydrogens is 146 g/mol. The zero-order valence-electron chi connectivity index (χ0n) is 7.82. The van der Waals surface area contributed by atoms with E-state index in [9.17, 15) is 8.78 Å². The standard InChI is InChI=1S/C9H18F2/c1-5-9(10,11)6-8(4)7(2)3/h7-8H,5-6H2,1-4H3. The van der Waals surface area contributed by atoms with Gasteiger partial charge in [-0.2, -0.15) is 0 Å². The Kier molecular flexibility index (Phi) is 3.98. The largest absolute Gasteiger partial charge is 0.248 e. The van der Waals surface area contributed by atoms with Crippen molar-refractivity contribution in [2.45, 2.75) is 46.5 Å². The lowest BCUT2D eigenvalue weighted by Gasteiger charge is -2.21. The van der Waals surface area contributed by atoms with Crippen LogP contribution in [0.3, 0.4) is 0 Å². The molecule has 0 nitrogen and oxygen atoms in total. The molecule has 0 saturated heterocycles. The van der Waals surface area contributed by atoms with Gasteiger partial charge in [-0.1, -0.05) is 27.7 Å². The average molecular weight is 164 g/mol. The van der Waals surface area contributed by atoms with Crippen LogP contribution in [0.1, 0.15) is 40.5 Å². The Morgan fingerprint density at radius 2 is 1.64 bits per heavy atom. The van der Waals surface area contributed by atoms with Crippen LogP contribution in [0.4, 0.5) is 8.78 Å². The first-order valence-electron chi connectivity index (χ1n) is 4.27.